The van der Waals surface area contributed by atoms with Crippen LogP contribution in [0.1, 0.15) is 47.6 Å². The third kappa shape index (κ3) is 7.05. The van der Waals surface area contributed by atoms with E-state index >= 15 is 0 Å². The number of carbonyl (C=O) groups is 1. The molecule has 7 rings (SSSR count). The van der Waals surface area contributed by atoms with Crippen LogP contribution in [0.25, 0.3) is 11.1 Å². The van der Waals surface area contributed by atoms with Crippen LogP contribution in [0, 0.1) is 12.8 Å². The molecule has 2 aliphatic rings. The molecular formula is C42H40N2O6S. The Morgan fingerprint density at radius 2 is 1.53 bits per heavy atom. The second kappa shape index (κ2) is 13.8. The van der Waals surface area contributed by atoms with Crippen molar-refractivity contribution in [3.8, 4) is 11.5 Å². The molecule has 8 nitrogen and oxygen atoms in total. The molecule has 0 radical (unpaired) electrons. The first-order chi connectivity index (χ1) is 24.5. The Balaban J connectivity index is 1.35. The Bertz CT molecular complexity index is 2360. The van der Waals surface area contributed by atoms with Crippen LogP contribution in [0.3, 0.4) is 0 Å². The van der Waals surface area contributed by atoms with Crippen LogP contribution in [0.2, 0.25) is 0 Å². The number of carboxylic acids is 1. The number of anilines is 2. The lowest BCUT2D eigenvalue weighted by Crippen LogP contribution is -2.36. The zero-order valence-corrected chi connectivity index (χ0v) is 29.7. The average molecular weight is 701 g/mol. The van der Waals surface area contributed by atoms with Gasteiger partial charge >= 0.3 is 5.97 Å². The number of rotatable bonds is 8. The van der Waals surface area contributed by atoms with Crippen molar-refractivity contribution in [3.05, 3.63) is 147 Å². The summed E-state index contributed by atoms with van der Waals surface area (Å²) in [6.07, 6.45) is 1.28. The summed E-state index contributed by atoms with van der Waals surface area (Å²) in [4.78, 5) is 15.9. The van der Waals surface area contributed by atoms with E-state index in [1.165, 1.54) is 17.7 Å². The Morgan fingerprint density at radius 1 is 0.843 bits per heavy atom. The number of fused-ring (bicyclic) bond motifs is 2. The van der Waals surface area contributed by atoms with Gasteiger partial charge in [-0.05, 0) is 116 Å². The van der Waals surface area contributed by atoms with Crippen molar-refractivity contribution in [2.24, 2.45) is 5.92 Å². The lowest BCUT2D eigenvalue weighted by atomic mass is 9.88. The number of hydrogen-bond acceptors (Lipinski definition) is 6. The number of hydrogen-bond donors (Lipinski definition) is 2. The molecule has 51 heavy (non-hydrogen) atoms. The van der Waals surface area contributed by atoms with Gasteiger partial charge in [-0.3, -0.25) is 14.2 Å². The molecule has 0 saturated carbocycles. The van der Waals surface area contributed by atoms with Gasteiger partial charge in [0.05, 0.1) is 10.8 Å². The van der Waals surface area contributed by atoms with E-state index in [1.54, 1.807) is 12.1 Å². The van der Waals surface area contributed by atoms with Gasteiger partial charge in [-0.15, -0.1) is 0 Å². The summed E-state index contributed by atoms with van der Waals surface area (Å²) in [5.41, 5.74) is 9.28. The molecule has 0 atom stereocenters. The van der Waals surface area contributed by atoms with E-state index in [2.05, 4.69) is 95.6 Å². The van der Waals surface area contributed by atoms with Gasteiger partial charge < -0.3 is 14.7 Å². The quantitative estimate of drug-likeness (QED) is 0.166. The van der Waals surface area contributed by atoms with Gasteiger partial charge in [0.25, 0.3) is 10.1 Å². The summed E-state index contributed by atoms with van der Waals surface area (Å²) in [6.45, 7) is 6.22. The first-order valence-electron chi connectivity index (χ1n) is 17.1. The van der Waals surface area contributed by atoms with Gasteiger partial charge in [0.15, 0.2) is 0 Å². The van der Waals surface area contributed by atoms with Crippen LogP contribution in [0.15, 0.2) is 114 Å². The van der Waals surface area contributed by atoms with E-state index in [9.17, 15) is 22.9 Å². The minimum absolute atomic E-state index is 0.153. The van der Waals surface area contributed by atoms with Crippen LogP contribution in [-0.4, -0.2) is 49.1 Å². The molecule has 5 aromatic rings. The molecule has 1 fully saturated rings. The Labute approximate surface area is 298 Å². The first kappa shape index (κ1) is 34.2. The summed E-state index contributed by atoms with van der Waals surface area (Å²) in [5, 5.41) is 11.4. The third-order valence-electron chi connectivity index (χ3n) is 10.1. The monoisotopic (exact) mass is 700 g/mol. The van der Waals surface area contributed by atoms with Crippen molar-refractivity contribution in [2.45, 2.75) is 38.1 Å². The maximum absolute atomic E-state index is 11.6. The van der Waals surface area contributed by atoms with Crippen LogP contribution < -0.4 is 20.1 Å². The number of ether oxygens (including phenoxy) is 1. The molecule has 2 N–H and O–H groups in total. The molecule has 0 spiro atoms. The molecule has 0 bridgehead atoms. The van der Waals surface area contributed by atoms with Gasteiger partial charge in [0, 0.05) is 47.4 Å². The van der Waals surface area contributed by atoms with E-state index < -0.39 is 16.1 Å². The zero-order valence-electron chi connectivity index (χ0n) is 28.8. The molecule has 0 unspecified atom stereocenters. The molecular weight excluding hydrogens is 661 g/mol. The summed E-state index contributed by atoms with van der Waals surface area (Å²) >= 11 is 0. The van der Waals surface area contributed by atoms with Gasteiger partial charge in [0.1, 0.15) is 11.5 Å². The minimum Gasteiger partial charge on any atom is -0.481 e. The van der Waals surface area contributed by atoms with Gasteiger partial charge in [-0.1, -0.05) is 60.2 Å². The first-order valence-corrected chi connectivity index (χ1v) is 18.5. The van der Waals surface area contributed by atoms with Crippen molar-refractivity contribution in [2.75, 3.05) is 25.0 Å². The molecule has 2 heterocycles. The topological polar surface area (TPSA) is 107 Å². The normalized spacial score (nSPS) is 15.4. The SMILES string of the molecule is C/C(c1ccc(S(=O)(=O)O)cc1)=c1/ccc2c(c1)Oc1cc(N(C)c3ccc(C)cc3)ccc1C=2c1ccccc1CN1CCC(C(=O)O)CC1. The maximum Gasteiger partial charge on any atom is 0.306 e. The lowest BCUT2D eigenvalue weighted by molar-refractivity contribution is -0.143. The molecule has 0 aliphatic carbocycles. The number of likely N-dealkylation sites (tertiary alicyclic amines) is 1. The van der Waals surface area contributed by atoms with E-state index in [0.717, 1.165) is 74.1 Å². The van der Waals surface area contributed by atoms with E-state index in [1.807, 2.05) is 20.0 Å². The minimum atomic E-state index is -4.29. The average Bonchev–Trinajstić information content (AvgIpc) is 3.13. The van der Waals surface area contributed by atoms with Crippen molar-refractivity contribution >= 4 is 38.6 Å². The van der Waals surface area contributed by atoms with Crippen molar-refractivity contribution in [3.63, 3.8) is 0 Å². The fourth-order valence-corrected chi connectivity index (χ4v) is 7.53. The predicted octanol–water partition coefficient (Wildman–Crippen LogP) is 6.88. The number of aliphatic carboxylic acids is 1. The lowest BCUT2D eigenvalue weighted by Gasteiger charge is -2.31. The maximum atomic E-state index is 11.6. The van der Waals surface area contributed by atoms with Crippen LogP contribution >= 0.6 is 0 Å². The number of nitrogens with zero attached hydrogens (tertiary/aromatic N) is 2. The highest BCUT2D eigenvalue weighted by atomic mass is 32.2. The van der Waals surface area contributed by atoms with Crippen molar-refractivity contribution in [1.29, 1.82) is 0 Å². The van der Waals surface area contributed by atoms with E-state index in [-0.39, 0.29) is 10.8 Å². The summed E-state index contributed by atoms with van der Waals surface area (Å²) in [5.74, 6) is 0.437. The van der Waals surface area contributed by atoms with Gasteiger partial charge in [-0.25, -0.2) is 0 Å². The highest BCUT2D eigenvalue weighted by molar-refractivity contribution is 7.85. The Hall–Kier alpha value is -5.22. The molecule has 9 heteroatoms. The third-order valence-corrected chi connectivity index (χ3v) is 11.0. The Morgan fingerprint density at radius 3 is 2.22 bits per heavy atom. The van der Waals surface area contributed by atoms with E-state index in [4.69, 9.17) is 4.74 Å². The molecule has 1 saturated heterocycles. The highest BCUT2D eigenvalue weighted by Crippen LogP contribution is 2.40. The molecule has 260 valence electrons. The fourth-order valence-electron chi connectivity index (χ4n) is 7.05. The zero-order chi connectivity index (χ0) is 35.9. The smallest absolute Gasteiger partial charge is 0.306 e. The largest absolute Gasteiger partial charge is 0.481 e. The van der Waals surface area contributed by atoms with Gasteiger partial charge in [0.2, 0.25) is 0 Å². The molecule has 0 aromatic heterocycles. The molecule has 2 aliphatic heterocycles. The van der Waals surface area contributed by atoms with Crippen molar-refractivity contribution < 1.29 is 27.6 Å². The molecule has 5 aromatic carbocycles. The number of aryl methyl sites for hydroxylation is 1. The number of piperidine rings is 1. The standard InChI is InChI=1S/C42H40N2O6S/c1-27-8-13-33(14-9-27)43(3)34-15-19-38-40(25-34)50-39-24-31(28(2)29-10-16-35(17-11-29)51(47,48)49)12-18-37(39)41(38)36-7-5-4-6-32(36)26-44-22-20-30(21-23-44)42(45)46/h4-19,24-25,30H,20-23,26H2,1-3H3,(H,45,46)(H,47,48,49)/b31-28+. The number of carboxylic acid groups (broad SMARTS) is 1. The summed E-state index contributed by atoms with van der Waals surface area (Å²) in [6, 6.07) is 35.5. The second-order valence-corrected chi connectivity index (χ2v) is 14.9. The van der Waals surface area contributed by atoms with Gasteiger partial charge in [-0.2, -0.15) is 8.42 Å². The predicted molar refractivity (Wildman–Crippen MR) is 200 cm³/mol. The molecule has 0 amide bonds. The summed E-state index contributed by atoms with van der Waals surface area (Å²) < 4.78 is 39.5. The van der Waals surface area contributed by atoms with Crippen LogP contribution in [0.4, 0.5) is 11.4 Å². The van der Waals surface area contributed by atoms with Crippen LogP contribution in [-0.2, 0) is 21.5 Å². The fraction of sp³-hybridized carbons (Fsp3) is 0.214. The number of benzene rings is 5. The van der Waals surface area contributed by atoms with E-state index in [0.29, 0.717) is 25.1 Å². The Kier molecular flexibility index (Phi) is 9.28. The second-order valence-electron chi connectivity index (χ2n) is 13.4. The summed E-state index contributed by atoms with van der Waals surface area (Å²) in [7, 11) is -2.25. The van der Waals surface area contributed by atoms with Crippen molar-refractivity contribution in [1.82, 2.24) is 4.90 Å². The highest BCUT2D eigenvalue weighted by Gasteiger charge is 2.27. The van der Waals surface area contributed by atoms with Crippen LogP contribution in [0.5, 0.6) is 11.5 Å².